The highest BCUT2D eigenvalue weighted by atomic mass is 16.5. The molecule has 3 rings (SSSR count). The molecule has 3 heterocycles. The molecule has 2 unspecified atom stereocenters. The fraction of sp³-hybridized carbons (Fsp3) is 0.650. The molecule has 1 aromatic heterocycles. The van der Waals surface area contributed by atoms with Crippen molar-refractivity contribution in [3.05, 3.63) is 29.7 Å². The molecule has 2 N–H and O–H groups in total. The summed E-state index contributed by atoms with van der Waals surface area (Å²) in [6.45, 7) is 8.93. The number of likely N-dealkylation sites (tertiary alicyclic amines) is 1. The van der Waals surface area contributed by atoms with Crippen LogP contribution in [0.25, 0.3) is 0 Å². The monoisotopic (exact) mass is 372 g/mol. The number of ether oxygens (including phenoxy) is 1. The normalized spacial score (nSPS) is 24.7. The predicted molar refractivity (Wildman–Crippen MR) is 110 cm³/mol. The molecule has 1 aromatic rings. The SMILES string of the molecule is C=N/C=C\C=N/CN1CCC(OCC2C(N)CCc3cc(CC)nn32)CC1. The van der Waals surface area contributed by atoms with E-state index in [-0.39, 0.29) is 12.1 Å². The second-order valence-corrected chi connectivity index (χ2v) is 7.34. The molecule has 7 nitrogen and oxygen atoms in total. The topological polar surface area (TPSA) is 81.0 Å². The van der Waals surface area contributed by atoms with E-state index in [4.69, 9.17) is 15.6 Å². The van der Waals surface area contributed by atoms with Crippen LogP contribution in [0, 0.1) is 0 Å². The Labute approximate surface area is 162 Å². The summed E-state index contributed by atoms with van der Waals surface area (Å²) in [4.78, 5) is 10.4. The Kier molecular flexibility index (Phi) is 7.32. The van der Waals surface area contributed by atoms with E-state index in [0.717, 1.165) is 57.6 Å². The van der Waals surface area contributed by atoms with Gasteiger partial charge < -0.3 is 10.5 Å². The summed E-state index contributed by atoms with van der Waals surface area (Å²) in [7, 11) is 0. The Bertz CT molecular complexity index is 659. The molecule has 1 saturated heterocycles. The van der Waals surface area contributed by atoms with E-state index in [1.807, 2.05) is 0 Å². The van der Waals surface area contributed by atoms with Gasteiger partial charge in [-0.1, -0.05) is 6.92 Å². The minimum atomic E-state index is 0.120. The van der Waals surface area contributed by atoms with Gasteiger partial charge in [-0.3, -0.25) is 19.6 Å². The minimum absolute atomic E-state index is 0.120. The van der Waals surface area contributed by atoms with Crippen molar-refractivity contribution in [3.8, 4) is 0 Å². The van der Waals surface area contributed by atoms with Gasteiger partial charge in [-0.05, 0) is 51.0 Å². The van der Waals surface area contributed by atoms with Gasteiger partial charge in [0.25, 0.3) is 0 Å². The second kappa shape index (κ2) is 9.92. The quantitative estimate of drug-likeness (QED) is 0.708. The van der Waals surface area contributed by atoms with Gasteiger partial charge in [-0.25, -0.2) is 0 Å². The highest BCUT2D eigenvalue weighted by Crippen LogP contribution is 2.26. The van der Waals surface area contributed by atoms with E-state index >= 15 is 0 Å². The summed E-state index contributed by atoms with van der Waals surface area (Å²) >= 11 is 0. The number of nitrogens with two attached hydrogens (primary N) is 1. The highest BCUT2D eigenvalue weighted by Gasteiger charge is 2.30. The third-order valence-electron chi connectivity index (χ3n) is 5.47. The lowest BCUT2D eigenvalue weighted by Crippen LogP contribution is -2.42. The van der Waals surface area contributed by atoms with Crippen LogP contribution >= 0.6 is 0 Å². The fourth-order valence-corrected chi connectivity index (χ4v) is 3.79. The lowest BCUT2D eigenvalue weighted by molar-refractivity contribution is -0.0142. The van der Waals surface area contributed by atoms with E-state index in [2.05, 4.69) is 39.3 Å². The molecule has 0 aromatic carbocycles. The van der Waals surface area contributed by atoms with Crippen LogP contribution in [0.1, 0.15) is 43.6 Å². The largest absolute Gasteiger partial charge is 0.376 e. The van der Waals surface area contributed by atoms with Gasteiger partial charge in [0.1, 0.15) is 0 Å². The van der Waals surface area contributed by atoms with Gasteiger partial charge >= 0.3 is 0 Å². The third kappa shape index (κ3) is 5.34. The Hall–Kier alpha value is -1.83. The third-order valence-corrected chi connectivity index (χ3v) is 5.47. The number of allylic oxidation sites excluding steroid dienone is 1. The zero-order valence-electron chi connectivity index (χ0n) is 16.3. The van der Waals surface area contributed by atoms with Crippen LogP contribution in [-0.2, 0) is 17.6 Å². The number of aliphatic imine (C=N–C) groups is 2. The van der Waals surface area contributed by atoms with Crippen molar-refractivity contribution in [2.45, 2.75) is 57.2 Å². The molecule has 148 valence electrons. The average molecular weight is 373 g/mol. The Balaban J connectivity index is 1.45. The first-order chi connectivity index (χ1) is 13.2. The summed E-state index contributed by atoms with van der Waals surface area (Å²) in [5.41, 5.74) is 8.84. The lowest BCUT2D eigenvalue weighted by Gasteiger charge is -2.34. The molecular formula is C20H32N6O. The number of aryl methyl sites for hydroxylation is 2. The van der Waals surface area contributed by atoms with Crippen molar-refractivity contribution < 1.29 is 4.74 Å². The van der Waals surface area contributed by atoms with Gasteiger partial charge in [-0.15, -0.1) is 0 Å². The highest BCUT2D eigenvalue weighted by molar-refractivity contribution is 5.70. The van der Waals surface area contributed by atoms with Crippen molar-refractivity contribution in [2.75, 3.05) is 26.4 Å². The van der Waals surface area contributed by atoms with Gasteiger partial charge in [0.05, 0.1) is 31.1 Å². The Morgan fingerprint density at radius 3 is 2.93 bits per heavy atom. The Morgan fingerprint density at radius 2 is 2.19 bits per heavy atom. The molecule has 2 aliphatic rings. The van der Waals surface area contributed by atoms with Crippen LogP contribution < -0.4 is 5.73 Å². The summed E-state index contributed by atoms with van der Waals surface area (Å²) < 4.78 is 8.39. The van der Waals surface area contributed by atoms with Crippen LogP contribution in [0.4, 0.5) is 0 Å². The van der Waals surface area contributed by atoms with Gasteiger partial charge in [0.2, 0.25) is 0 Å². The van der Waals surface area contributed by atoms with Gasteiger partial charge in [0.15, 0.2) is 0 Å². The molecule has 0 bridgehead atoms. The average Bonchev–Trinajstić information content (AvgIpc) is 3.11. The number of piperidine rings is 1. The van der Waals surface area contributed by atoms with E-state index in [1.54, 1.807) is 18.5 Å². The molecule has 0 saturated carbocycles. The van der Waals surface area contributed by atoms with E-state index in [0.29, 0.717) is 12.7 Å². The number of rotatable bonds is 8. The summed E-state index contributed by atoms with van der Waals surface area (Å²) in [6.07, 6.45) is 10.6. The standard InChI is InChI=1S/C20H32N6O/c1-3-16-13-17-5-6-19(21)20(26(17)24-16)14-27-18-7-11-25(12-8-18)15-23-10-4-9-22-2/h4,9-10,13,18-20H,2-3,5-8,11-12,14-15,21H2,1H3/b9-4-,23-10-. The summed E-state index contributed by atoms with van der Waals surface area (Å²) in [6, 6.07) is 2.50. The predicted octanol–water partition coefficient (Wildman–Crippen LogP) is 1.98. The van der Waals surface area contributed by atoms with Crippen LogP contribution in [-0.4, -0.2) is 66.1 Å². The first-order valence-electron chi connectivity index (χ1n) is 9.99. The zero-order chi connectivity index (χ0) is 19.1. The molecule has 2 aliphatic heterocycles. The number of fused-ring (bicyclic) bond motifs is 1. The molecule has 2 atom stereocenters. The smallest absolute Gasteiger partial charge is 0.0909 e. The minimum Gasteiger partial charge on any atom is -0.376 e. The summed E-state index contributed by atoms with van der Waals surface area (Å²) in [5.74, 6) is 0. The molecular weight excluding hydrogens is 340 g/mol. The fourth-order valence-electron chi connectivity index (χ4n) is 3.79. The molecule has 0 spiro atoms. The van der Waals surface area contributed by atoms with Crippen molar-refractivity contribution >= 4 is 12.9 Å². The van der Waals surface area contributed by atoms with Crippen LogP contribution in [0.3, 0.4) is 0 Å². The first kappa shape index (κ1) is 19.9. The number of hydrogen-bond donors (Lipinski definition) is 1. The van der Waals surface area contributed by atoms with Gasteiger partial charge in [0, 0.05) is 37.2 Å². The van der Waals surface area contributed by atoms with Crippen LogP contribution in [0.5, 0.6) is 0 Å². The number of aromatic nitrogens is 2. The van der Waals surface area contributed by atoms with Crippen LogP contribution in [0.2, 0.25) is 0 Å². The van der Waals surface area contributed by atoms with Crippen molar-refractivity contribution in [2.24, 2.45) is 15.7 Å². The van der Waals surface area contributed by atoms with Crippen LogP contribution in [0.15, 0.2) is 28.3 Å². The molecule has 7 heteroatoms. The lowest BCUT2D eigenvalue weighted by atomic mass is 9.98. The molecule has 0 amide bonds. The van der Waals surface area contributed by atoms with E-state index < -0.39 is 0 Å². The summed E-state index contributed by atoms with van der Waals surface area (Å²) in [5, 5.41) is 4.75. The first-order valence-corrected chi connectivity index (χ1v) is 9.99. The second-order valence-electron chi connectivity index (χ2n) is 7.34. The van der Waals surface area contributed by atoms with E-state index in [1.165, 1.54) is 5.69 Å². The molecule has 1 fully saturated rings. The van der Waals surface area contributed by atoms with Gasteiger partial charge in [-0.2, -0.15) is 5.10 Å². The van der Waals surface area contributed by atoms with Crippen molar-refractivity contribution in [1.29, 1.82) is 0 Å². The van der Waals surface area contributed by atoms with E-state index in [9.17, 15) is 0 Å². The maximum Gasteiger partial charge on any atom is 0.0909 e. The zero-order valence-corrected chi connectivity index (χ0v) is 16.3. The molecule has 0 aliphatic carbocycles. The number of nitrogens with zero attached hydrogens (tertiary/aromatic N) is 5. The maximum atomic E-state index is 6.39. The molecule has 27 heavy (non-hydrogen) atoms. The maximum absolute atomic E-state index is 6.39. The Morgan fingerprint density at radius 1 is 1.37 bits per heavy atom. The van der Waals surface area contributed by atoms with Crippen molar-refractivity contribution in [1.82, 2.24) is 14.7 Å². The molecule has 0 radical (unpaired) electrons. The van der Waals surface area contributed by atoms with Crippen molar-refractivity contribution in [3.63, 3.8) is 0 Å². The number of hydrogen-bond acceptors (Lipinski definition) is 6.